The van der Waals surface area contributed by atoms with Crippen LogP contribution in [0.25, 0.3) is 0 Å². The van der Waals surface area contributed by atoms with E-state index in [1.54, 1.807) is 6.92 Å². The summed E-state index contributed by atoms with van der Waals surface area (Å²) >= 11 is 0. The van der Waals surface area contributed by atoms with Crippen molar-refractivity contribution in [2.75, 3.05) is 6.54 Å². The third kappa shape index (κ3) is 3.23. The molecule has 1 aromatic rings. The van der Waals surface area contributed by atoms with E-state index < -0.39 is 0 Å². The van der Waals surface area contributed by atoms with Gasteiger partial charge in [-0.1, -0.05) is 12.8 Å². The number of carbonyl (C=O) groups is 1. The van der Waals surface area contributed by atoms with Crippen LogP contribution in [-0.2, 0) is 0 Å². The molecule has 1 amide bonds. The smallest absolute Gasteiger partial charge is 0.253 e. The third-order valence-corrected chi connectivity index (χ3v) is 3.90. The molecule has 0 radical (unpaired) electrons. The number of aryl methyl sites for hydroxylation is 1. The molecule has 104 valence electrons. The molecule has 1 fully saturated rings. The molecule has 0 saturated heterocycles. The monoisotopic (exact) mass is 263 g/mol. The van der Waals surface area contributed by atoms with E-state index >= 15 is 0 Å². The molecule has 1 saturated carbocycles. The third-order valence-electron chi connectivity index (χ3n) is 3.90. The average Bonchev–Trinajstić information content (AvgIpc) is 2.39. The maximum absolute atomic E-state index is 12.2. The number of hydrogen-bond acceptors (Lipinski definition) is 3. The van der Waals surface area contributed by atoms with E-state index in [9.17, 15) is 9.59 Å². The van der Waals surface area contributed by atoms with Crippen LogP contribution in [0, 0.1) is 12.8 Å². The number of hydrogen-bond donors (Lipinski definition) is 3. The van der Waals surface area contributed by atoms with Crippen LogP contribution >= 0.6 is 0 Å². The molecule has 0 bridgehead atoms. The molecule has 5 nitrogen and oxygen atoms in total. The van der Waals surface area contributed by atoms with Gasteiger partial charge in [0.1, 0.15) is 0 Å². The van der Waals surface area contributed by atoms with Crippen molar-refractivity contribution >= 4 is 5.91 Å². The molecule has 0 aromatic carbocycles. The number of aromatic nitrogens is 1. The maximum Gasteiger partial charge on any atom is 0.253 e. The number of amides is 1. The van der Waals surface area contributed by atoms with E-state index in [0.717, 1.165) is 19.3 Å². The van der Waals surface area contributed by atoms with Gasteiger partial charge in [0.15, 0.2) is 0 Å². The fourth-order valence-corrected chi connectivity index (χ4v) is 2.74. The summed E-state index contributed by atoms with van der Waals surface area (Å²) < 4.78 is 0. The maximum atomic E-state index is 12.2. The number of H-pyrrole nitrogens is 1. The van der Waals surface area contributed by atoms with Crippen LogP contribution in [0.15, 0.2) is 17.1 Å². The van der Waals surface area contributed by atoms with Crippen LogP contribution in [0.3, 0.4) is 0 Å². The van der Waals surface area contributed by atoms with Gasteiger partial charge in [0.05, 0.1) is 5.56 Å². The molecule has 4 N–H and O–H groups in total. The lowest BCUT2D eigenvalue weighted by atomic mass is 9.84. The highest BCUT2D eigenvalue weighted by Crippen LogP contribution is 2.23. The van der Waals surface area contributed by atoms with Crippen molar-refractivity contribution in [3.63, 3.8) is 0 Å². The molecule has 19 heavy (non-hydrogen) atoms. The minimum Gasteiger partial charge on any atom is -0.349 e. The zero-order chi connectivity index (χ0) is 13.8. The van der Waals surface area contributed by atoms with Crippen LogP contribution < -0.4 is 16.6 Å². The fraction of sp³-hybridized carbons (Fsp3) is 0.571. The lowest BCUT2D eigenvalue weighted by Gasteiger charge is -2.31. The highest BCUT2D eigenvalue weighted by Gasteiger charge is 2.26. The van der Waals surface area contributed by atoms with Gasteiger partial charge in [0, 0.05) is 18.3 Å². The molecule has 2 rings (SSSR count). The molecular formula is C14H21N3O2. The second-order valence-corrected chi connectivity index (χ2v) is 5.25. The molecule has 1 aliphatic carbocycles. The first-order chi connectivity index (χ1) is 9.11. The van der Waals surface area contributed by atoms with Crippen molar-refractivity contribution in [2.24, 2.45) is 11.7 Å². The molecule has 1 heterocycles. The summed E-state index contributed by atoms with van der Waals surface area (Å²) in [6.07, 6.45) is 5.85. The zero-order valence-corrected chi connectivity index (χ0v) is 11.2. The van der Waals surface area contributed by atoms with E-state index in [-0.39, 0.29) is 17.5 Å². The minimum absolute atomic E-state index is 0.126. The molecule has 1 aromatic heterocycles. The first-order valence-electron chi connectivity index (χ1n) is 6.82. The van der Waals surface area contributed by atoms with Gasteiger partial charge >= 0.3 is 0 Å². The number of nitrogens with one attached hydrogen (secondary N) is 2. The van der Waals surface area contributed by atoms with Crippen LogP contribution in [0.2, 0.25) is 0 Å². The van der Waals surface area contributed by atoms with E-state index in [4.69, 9.17) is 5.73 Å². The summed E-state index contributed by atoms with van der Waals surface area (Å²) in [7, 11) is 0. The first kappa shape index (κ1) is 13.8. The van der Waals surface area contributed by atoms with Gasteiger partial charge in [-0.15, -0.1) is 0 Å². The van der Waals surface area contributed by atoms with Gasteiger partial charge in [-0.2, -0.15) is 0 Å². The van der Waals surface area contributed by atoms with Gasteiger partial charge < -0.3 is 16.0 Å². The Hall–Kier alpha value is -1.62. The molecule has 2 unspecified atom stereocenters. The highest BCUT2D eigenvalue weighted by atomic mass is 16.2. The number of rotatable bonds is 3. The number of nitrogens with two attached hydrogens (primary N) is 1. The summed E-state index contributed by atoms with van der Waals surface area (Å²) in [6.45, 7) is 2.38. The Labute approximate surface area is 112 Å². The second-order valence-electron chi connectivity index (χ2n) is 5.25. The Morgan fingerprint density at radius 2 is 2.21 bits per heavy atom. The lowest BCUT2D eigenvalue weighted by molar-refractivity contribution is 0.0907. The standard InChI is InChI=1S/C14H21N3O2/c1-9-6-13(18)16-8-11(9)14(19)17-12-5-3-2-4-10(12)7-15/h6,8,10,12H,2-5,7,15H2,1H3,(H,16,18)(H,17,19). The van der Waals surface area contributed by atoms with Gasteiger partial charge in [-0.25, -0.2) is 0 Å². The van der Waals surface area contributed by atoms with E-state index in [0.29, 0.717) is 23.6 Å². The Balaban J connectivity index is 2.09. The quantitative estimate of drug-likeness (QED) is 0.758. The van der Waals surface area contributed by atoms with Crippen molar-refractivity contribution in [1.82, 2.24) is 10.3 Å². The van der Waals surface area contributed by atoms with Gasteiger partial charge in [0.25, 0.3) is 5.91 Å². The Kier molecular flexibility index (Phi) is 4.37. The van der Waals surface area contributed by atoms with Crippen LogP contribution in [0.4, 0.5) is 0 Å². The number of aromatic amines is 1. The molecule has 0 aliphatic heterocycles. The van der Waals surface area contributed by atoms with Crippen molar-refractivity contribution in [2.45, 2.75) is 38.6 Å². The highest BCUT2D eigenvalue weighted by molar-refractivity contribution is 5.95. The molecule has 5 heteroatoms. The van der Waals surface area contributed by atoms with Crippen LogP contribution in [-0.4, -0.2) is 23.5 Å². The predicted molar refractivity (Wildman–Crippen MR) is 74.1 cm³/mol. The summed E-state index contributed by atoms with van der Waals surface area (Å²) in [4.78, 5) is 25.9. The van der Waals surface area contributed by atoms with Crippen LogP contribution in [0.5, 0.6) is 0 Å². The molecule has 0 spiro atoms. The zero-order valence-electron chi connectivity index (χ0n) is 11.2. The predicted octanol–water partition coefficient (Wildman–Crippen LogP) is 0.931. The van der Waals surface area contributed by atoms with Crippen molar-refractivity contribution in [3.05, 3.63) is 33.7 Å². The lowest BCUT2D eigenvalue weighted by Crippen LogP contribution is -2.45. The summed E-state index contributed by atoms with van der Waals surface area (Å²) in [6, 6.07) is 1.59. The second kappa shape index (κ2) is 6.02. The van der Waals surface area contributed by atoms with Gasteiger partial charge in [-0.3, -0.25) is 9.59 Å². The SMILES string of the molecule is Cc1cc(=O)[nH]cc1C(=O)NC1CCCCC1CN. The average molecular weight is 263 g/mol. The van der Waals surface area contributed by atoms with E-state index in [1.165, 1.54) is 18.7 Å². The van der Waals surface area contributed by atoms with Gasteiger partial charge in [-0.05, 0) is 37.8 Å². The van der Waals surface area contributed by atoms with E-state index in [2.05, 4.69) is 10.3 Å². The summed E-state index contributed by atoms with van der Waals surface area (Å²) in [5.41, 5.74) is 6.79. The fourth-order valence-electron chi connectivity index (χ4n) is 2.74. The minimum atomic E-state index is -0.188. The Bertz CT molecular complexity index is 510. The number of carbonyl (C=O) groups excluding carboxylic acids is 1. The largest absolute Gasteiger partial charge is 0.349 e. The van der Waals surface area contributed by atoms with Crippen LogP contribution in [0.1, 0.15) is 41.6 Å². The topological polar surface area (TPSA) is 88.0 Å². The van der Waals surface area contributed by atoms with Gasteiger partial charge in [0.2, 0.25) is 5.56 Å². The summed E-state index contributed by atoms with van der Waals surface area (Å²) in [5.74, 6) is 0.236. The summed E-state index contributed by atoms with van der Waals surface area (Å²) in [5, 5.41) is 3.06. The number of pyridine rings is 1. The van der Waals surface area contributed by atoms with Crippen molar-refractivity contribution < 1.29 is 4.79 Å². The van der Waals surface area contributed by atoms with Crippen molar-refractivity contribution in [1.29, 1.82) is 0 Å². The Morgan fingerprint density at radius 1 is 1.47 bits per heavy atom. The molecular weight excluding hydrogens is 242 g/mol. The molecule has 2 atom stereocenters. The first-order valence-corrected chi connectivity index (χ1v) is 6.82. The van der Waals surface area contributed by atoms with Crippen molar-refractivity contribution in [3.8, 4) is 0 Å². The Morgan fingerprint density at radius 3 is 2.89 bits per heavy atom. The molecule has 1 aliphatic rings. The van der Waals surface area contributed by atoms with E-state index in [1.807, 2.05) is 0 Å². The normalized spacial score (nSPS) is 23.1.